The van der Waals surface area contributed by atoms with E-state index in [2.05, 4.69) is 0 Å². The van der Waals surface area contributed by atoms with E-state index in [1.807, 2.05) is 0 Å². The molecule has 1 saturated heterocycles. The van der Waals surface area contributed by atoms with Crippen molar-refractivity contribution in [1.29, 1.82) is 0 Å². The molecule has 0 radical (unpaired) electrons. The molecule has 1 heterocycles. The summed E-state index contributed by atoms with van der Waals surface area (Å²) in [6, 6.07) is 2.93. The molecule has 5 nitrogen and oxygen atoms in total. The molecule has 0 bridgehead atoms. The second-order valence-electron chi connectivity index (χ2n) is 4.54. The standard InChI is InChI=1S/C12H13Cl2NO4S/c13-9-5-4-8(7-10(9)14)20(18,19)15-6-2-1-3-11(15)12(16)17/h4-5,7,11H,1-3,6H2,(H,16,17)/t11-/m1/s1. The number of rotatable bonds is 3. The summed E-state index contributed by atoms with van der Waals surface area (Å²) in [6.45, 7) is 0.194. The Kier molecular flexibility index (Phi) is 4.59. The van der Waals surface area contributed by atoms with E-state index < -0.39 is 22.0 Å². The number of nitrogens with zero attached hydrogens (tertiary/aromatic N) is 1. The molecule has 0 spiro atoms. The van der Waals surface area contributed by atoms with Crippen molar-refractivity contribution in [3.63, 3.8) is 0 Å². The maximum Gasteiger partial charge on any atom is 0.322 e. The molecular weight excluding hydrogens is 325 g/mol. The molecule has 1 aromatic rings. The Bertz CT molecular complexity index is 632. The first kappa shape index (κ1) is 15.6. The highest BCUT2D eigenvalue weighted by Gasteiger charge is 2.37. The van der Waals surface area contributed by atoms with Crippen LogP contribution in [0.25, 0.3) is 0 Å². The van der Waals surface area contributed by atoms with Gasteiger partial charge in [-0.1, -0.05) is 23.2 Å². The zero-order valence-corrected chi connectivity index (χ0v) is 12.7. The zero-order chi connectivity index (χ0) is 14.9. The van der Waals surface area contributed by atoms with Gasteiger partial charge in [-0.3, -0.25) is 4.79 Å². The Morgan fingerprint density at radius 1 is 1.25 bits per heavy atom. The molecule has 1 atom stereocenters. The summed E-state index contributed by atoms with van der Waals surface area (Å²) in [5.74, 6) is -1.13. The first-order chi connectivity index (χ1) is 9.34. The maximum atomic E-state index is 12.5. The number of hydrogen-bond acceptors (Lipinski definition) is 3. The molecule has 1 aromatic carbocycles. The molecule has 0 aromatic heterocycles. The van der Waals surface area contributed by atoms with Gasteiger partial charge in [0.25, 0.3) is 0 Å². The van der Waals surface area contributed by atoms with Crippen LogP contribution in [0.5, 0.6) is 0 Å². The topological polar surface area (TPSA) is 74.7 Å². The molecule has 20 heavy (non-hydrogen) atoms. The number of piperidine rings is 1. The number of carboxylic acids is 1. The fourth-order valence-corrected chi connectivity index (χ4v) is 4.25. The smallest absolute Gasteiger partial charge is 0.322 e. The Morgan fingerprint density at radius 2 is 1.95 bits per heavy atom. The van der Waals surface area contributed by atoms with Crippen LogP contribution in [0.2, 0.25) is 10.0 Å². The van der Waals surface area contributed by atoms with Crippen LogP contribution in [0.1, 0.15) is 19.3 Å². The number of aliphatic carboxylic acids is 1. The van der Waals surface area contributed by atoms with E-state index in [-0.39, 0.29) is 21.5 Å². The number of carboxylic acid groups (broad SMARTS) is 1. The number of halogens is 2. The summed E-state index contributed by atoms with van der Waals surface area (Å²) in [5, 5.41) is 9.54. The molecule has 0 saturated carbocycles. The Labute approximate surface area is 127 Å². The van der Waals surface area contributed by atoms with Crippen LogP contribution in [0.4, 0.5) is 0 Å². The quantitative estimate of drug-likeness (QED) is 0.919. The second kappa shape index (κ2) is 5.89. The highest BCUT2D eigenvalue weighted by Crippen LogP contribution is 2.29. The summed E-state index contributed by atoms with van der Waals surface area (Å²) in [6.07, 6.45) is 1.66. The monoisotopic (exact) mass is 337 g/mol. The molecule has 2 rings (SSSR count). The summed E-state index contributed by atoms with van der Waals surface area (Å²) < 4.78 is 26.1. The van der Waals surface area contributed by atoms with Gasteiger partial charge in [0, 0.05) is 6.54 Å². The van der Waals surface area contributed by atoms with E-state index in [1.54, 1.807) is 0 Å². The highest BCUT2D eigenvalue weighted by molar-refractivity contribution is 7.89. The van der Waals surface area contributed by atoms with Gasteiger partial charge < -0.3 is 5.11 Å². The molecule has 1 aliphatic heterocycles. The van der Waals surface area contributed by atoms with E-state index in [0.29, 0.717) is 19.3 Å². The van der Waals surface area contributed by atoms with Gasteiger partial charge in [-0.2, -0.15) is 4.31 Å². The number of hydrogen-bond donors (Lipinski definition) is 1. The number of benzene rings is 1. The van der Waals surface area contributed by atoms with Crippen molar-refractivity contribution < 1.29 is 18.3 Å². The summed E-state index contributed by atoms with van der Waals surface area (Å²) in [5.41, 5.74) is 0. The van der Waals surface area contributed by atoms with Crippen molar-refractivity contribution in [2.45, 2.75) is 30.2 Å². The first-order valence-corrected chi connectivity index (χ1v) is 8.23. The van der Waals surface area contributed by atoms with Gasteiger partial charge in [-0.05, 0) is 37.5 Å². The van der Waals surface area contributed by atoms with Crippen molar-refractivity contribution in [3.8, 4) is 0 Å². The van der Waals surface area contributed by atoms with Gasteiger partial charge in [-0.25, -0.2) is 8.42 Å². The van der Waals surface area contributed by atoms with Crippen LogP contribution >= 0.6 is 23.2 Å². The molecular formula is C12H13Cl2NO4S. The molecule has 8 heteroatoms. The van der Waals surface area contributed by atoms with E-state index in [9.17, 15) is 13.2 Å². The van der Waals surface area contributed by atoms with Crippen LogP contribution in [0.3, 0.4) is 0 Å². The van der Waals surface area contributed by atoms with E-state index in [1.165, 1.54) is 18.2 Å². The predicted octanol–water partition coefficient (Wildman–Crippen LogP) is 2.62. The maximum absolute atomic E-state index is 12.5. The fraction of sp³-hybridized carbons (Fsp3) is 0.417. The SMILES string of the molecule is O=C(O)[C@H]1CCCCN1S(=O)(=O)c1ccc(Cl)c(Cl)c1. The third kappa shape index (κ3) is 2.93. The van der Waals surface area contributed by atoms with Crippen LogP contribution in [-0.2, 0) is 14.8 Å². The zero-order valence-electron chi connectivity index (χ0n) is 10.4. The molecule has 0 amide bonds. The van der Waals surface area contributed by atoms with Crippen molar-refractivity contribution in [3.05, 3.63) is 28.2 Å². The van der Waals surface area contributed by atoms with Crippen LogP contribution < -0.4 is 0 Å². The van der Waals surface area contributed by atoms with Crippen molar-refractivity contribution in [1.82, 2.24) is 4.31 Å². The number of carbonyl (C=O) groups is 1. The van der Waals surface area contributed by atoms with Crippen LogP contribution in [0.15, 0.2) is 23.1 Å². The lowest BCUT2D eigenvalue weighted by molar-refractivity contribution is -0.142. The van der Waals surface area contributed by atoms with Gasteiger partial charge in [0.05, 0.1) is 14.9 Å². The molecule has 1 fully saturated rings. The Balaban J connectivity index is 2.42. The minimum absolute atomic E-state index is 0.0416. The van der Waals surface area contributed by atoms with E-state index in [0.717, 1.165) is 4.31 Å². The molecule has 1 aliphatic rings. The van der Waals surface area contributed by atoms with Crippen molar-refractivity contribution in [2.24, 2.45) is 0 Å². The second-order valence-corrected chi connectivity index (χ2v) is 7.25. The molecule has 0 aliphatic carbocycles. The number of sulfonamides is 1. The molecule has 110 valence electrons. The lowest BCUT2D eigenvalue weighted by Gasteiger charge is -2.31. The summed E-state index contributed by atoms with van der Waals surface area (Å²) in [4.78, 5) is 11.2. The van der Waals surface area contributed by atoms with Crippen LogP contribution in [-0.4, -0.2) is 36.4 Å². The minimum atomic E-state index is -3.89. The van der Waals surface area contributed by atoms with Gasteiger partial charge in [0.1, 0.15) is 6.04 Å². The van der Waals surface area contributed by atoms with Crippen molar-refractivity contribution in [2.75, 3.05) is 6.54 Å². The van der Waals surface area contributed by atoms with Gasteiger partial charge in [0.2, 0.25) is 10.0 Å². The Morgan fingerprint density at radius 3 is 2.55 bits per heavy atom. The average Bonchev–Trinajstić information content (AvgIpc) is 2.41. The normalized spacial score (nSPS) is 20.8. The average molecular weight is 338 g/mol. The summed E-state index contributed by atoms with van der Waals surface area (Å²) >= 11 is 11.6. The lowest BCUT2D eigenvalue weighted by atomic mass is 10.1. The lowest BCUT2D eigenvalue weighted by Crippen LogP contribution is -2.47. The predicted molar refractivity (Wildman–Crippen MR) is 75.6 cm³/mol. The highest BCUT2D eigenvalue weighted by atomic mass is 35.5. The van der Waals surface area contributed by atoms with Gasteiger partial charge in [-0.15, -0.1) is 0 Å². The molecule has 0 unspecified atom stereocenters. The van der Waals surface area contributed by atoms with E-state index in [4.69, 9.17) is 28.3 Å². The first-order valence-electron chi connectivity index (χ1n) is 6.04. The largest absolute Gasteiger partial charge is 0.480 e. The van der Waals surface area contributed by atoms with Crippen LogP contribution in [0, 0.1) is 0 Å². The minimum Gasteiger partial charge on any atom is -0.480 e. The molecule has 1 N–H and O–H groups in total. The summed E-state index contributed by atoms with van der Waals surface area (Å²) in [7, 11) is -3.89. The fourth-order valence-electron chi connectivity index (χ4n) is 2.21. The van der Waals surface area contributed by atoms with E-state index >= 15 is 0 Å². The Hall–Kier alpha value is -0.820. The van der Waals surface area contributed by atoms with Gasteiger partial charge in [0.15, 0.2) is 0 Å². The third-order valence-corrected chi connectivity index (χ3v) is 5.88. The van der Waals surface area contributed by atoms with Crippen molar-refractivity contribution >= 4 is 39.2 Å². The third-order valence-electron chi connectivity index (χ3n) is 3.24. The van der Waals surface area contributed by atoms with Gasteiger partial charge >= 0.3 is 5.97 Å².